The van der Waals surface area contributed by atoms with E-state index in [2.05, 4.69) is 22.2 Å². The van der Waals surface area contributed by atoms with Gasteiger partial charge in [-0.15, -0.1) is 0 Å². The Morgan fingerprint density at radius 2 is 1.71 bits per heavy atom. The molecule has 0 aliphatic rings. The Morgan fingerprint density at radius 1 is 1.00 bits per heavy atom. The van der Waals surface area contributed by atoms with E-state index < -0.39 is 0 Å². The van der Waals surface area contributed by atoms with Gasteiger partial charge in [-0.3, -0.25) is 0 Å². The maximum atomic E-state index is 6.15. The van der Waals surface area contributed by atoms with Crippen LogP contribution in [-0.2, 0) is 6.42 Å². The predicted molar refractivity (Wildman–Crippen MR) is 96.8 cm³/mol. The van der Waals surface area contributed by atoms with E-state index in [4.69, 9.17) is 10.5 Å². The minimum absolute atomic E-state index is 0.337. The van der Waals surface area contributed by atoms with Crippen LogP contribution in [0.2, 0.25) is 0 Å². The van der Waals surface area contributed by atoms with E-state index in [0.29, 0.717) is 23.1 Å². The first-order valence-corrected chi connectivity index (χ1v) is 7.86. The quantitative estimate of drug-likeness (QED) is 0.726. The number of hydrogen-bond donors (Lipinski definition) is 2. The number of nitrogens with zero attached hydrogens (tertiary/aromatic N) is 2. The zero-order chi connectivity index (χ0) is 16.9. The Hall–Kier alpha value is -3.08. The number of rotatable bonds is 5. The molecular weight excluding hydrogens is 300 g/mol. The lowest BCUT2D eigenvalue weighted by Crippen LogP contribution is -2.03. The Kier molecular flexibility index (Phi) is 4.61. The van der Waals surface area contributed by atoms with Gasteiger partial charge in [0.15, 0.2) is 5.82 Å². The van der Waals surface area contributed by atoms with Crippen LogP contribution in [0.25, 0.3) is 0 Å². The van der Waals surface area contributed by atoms with Gasteiger partial charge in [0.05, 0.1) is 0 Å². The van der Waals surface area contributed by atoms with E-state index in [1.54, 1.807) is 0 Å². The molecule has 1 aromatic heterocycles. The number of nitrogens with two attached hydrogens (primary N) is 1. The molecule has 2 aromatic carbocycles. The van der Waals surface area contributed by atoms with Crippen molar-refractivity contribution < 1.29 is 4.74 Å². The number of benzene rings is 2. The summed E-state index contributed by atoms with van der Waals surface area (Å²) in [6.45, 7) is 4.15. The van der Waals surface area contributed by atoms with Crippen LogP contribution in [0.1, 0.15) is 18.1 Å². The largest absolute Gasteiger partial charge is 0.437 e. The SMILES string of the molecule is CCc1ccc(Oc2ncnc(Nc3ccc(C)cc3)c2N)cc1. The molecular formula is C19H20N4O. The zero-order valence-electron chi connectivity index (χ0n) is 13.8. The molecule has 0 atom stereocenters. The van der Waals surface area contributed by atoms with Gasteiger partial charge in [0.2, 0.25) is 5.88 Å². The molecule has 0 fully saturated rings. The standard InChI is InChI=1S/C19H20N4O/c1-3-14-6-10-16(11-7-14)24-19-17(20)18(21-12-22-19)23-15-8-4-13(2)5-9-15/h4-12H,3,20H2,1-2H3,(H,21,22,23). The Labute approximate surface area is 141 Å². The van der Waals surface area contributed by atoms with Crippen LogP contribution in [0.3, 0.4) is 0 Å². The molecule has 24 heavy (non-hydrogen) atoms. The lowest BCUT2D eigenvalue weighted by Gasteiger charge is -2.12. The molecule has 0 aliphatic carbocycles. The summed E-state index contributed by atoms with van der Waals surface area (Å²) in [7, 11) is 0. The van der Waals surface area contributed by atoms with Gasteiger partial charge in [0.25, 0.3) is 0 Å². The number of nitrogen functional groups attached to an aromatic ring is 1. The summed E-state index contributed by atoms with van der Waals surface area (Å²) in [5.74, 6) is 1.55. The van der Waals surface area contributed by atoms with Crippen LogP contribution in [0.4, 0.5) is 17.2 Å². The number of hydrogen-bond acceptors (Lipinski definition) is 5. The molecule has 5 nitrogen and oxygen atoms in total. The topological polar surface area (TPSA) is 73.1 Å². The third-order valence-electron chi connectivity index (χ3n) is 3.71. The molecule has 0 aliphatic heterocycles. The van der Waals surface area contributed by atoms with Gasteiger partial charge >= 0.3 is 0 Å². The van der Waals surface area contributed by atoms with Crippen molar-refractivity contribution in [3.63, 3.8) is 0 Å². The summed E-state index contributed by atoms with van der Waals surface area (Å²) in [6.07, 6.45) is 2.42. The van der Waals surface area contributed by atoms with Crippen LogP contribution in [0.5, 0.6) is 11.6 Å². The summed E-state index contributed by atoms with van der Waals surface area (Å²) < 4.78 is 5.79. The van der Waals surface area contributed by atoms with Crippen LogP contribution < -0.4 is 15.8 Å². The van der Waals surface area contributed by atoms with E-state index >= 15 is 0 Å². The first-order chi connectivity index (χ1) is 11.7. The van der Waals surface area contributed by atoms with Gasteiger partial charge in [-0.05, 0) is 43.2 Å². The third kappa shape index (κ3) is 3.63. The fourth-order valence-corrected chi connectivity index (χ4v) is 2.24. The number of nitrogens with one attached hydrogen (secondary N) is 1. The molecule has 122 valence electrons. The van der Waals surface area contributed by atoms with Crippen LogP contribution >= 0.6 is 0 Å². The van der Waals surface area contributed by atoms with E-state index in [1.807, 2.05) is 55.5 Å². The smallest absolute Gasteiger partial charge is 0.248 e. The second-order valence-corrected chi connectivity index (χ2v) is 5.53. The van der Waals surface area contributed by atoms with Crippen molar-refractivity contribution in [3.05, 3.63) is 66.0 Å². The molecule has 1 heterocycles. The van der Waals surface area contributed by atoms with Crippen molar-refractivity contribution in [2.75, 3.05) is 11.1 Å². The molecule has 5 heteroatoms. The van der Waals surface area contributed by atoms with E-state index in [-0.39, 0.29) is 0 Å². The summed E-state index contributed by atoms with van der Waals surface area (Å²) in [4.78, 5) is 8.33. The van der Waals surface area contributed by atoms with E-state index in [9.17, 15) is 0 Å². The molecule has 0 saturated heterocycles. The first kappa shape index (κ1) is 15.8. The monoisotopic (exact) mass is 320 g/mol. The Morgan fingerprint density at radius 3 is 2.38 bits per heavy atom. The molecule has 0 bridgehead atoms. The highest BCUT2D eigenvalue weighted by Crippen LogP contribution is 2.31. The number of ether oxygens (including phenoxy) is 1. The van der Waals surface area contributed by atoms with Crippen LogP contribution in [0, 0.1) is 6.92 Å². The zero-order valence-corrected chi connectivity index (χ0v) is 13.8. The van der Waals surface area contributed by atoms with Crippen molar-refractivity contribution in [1.29, 1.82) is 0 Å². The van der Waals surface area contributed by atoms with Crippen molar-refractivity contribution >= 4 is 17.2 Å². The fourth-order valence-electron chi connectivity index (χ4n) is 2.24. The summed E-state index contributed by atoms with van der Waals surface area (Å²) >= 11 is 0. The highest BCUT2D eigenvalue weighted by Gasteiger charge is 2.10. The number of aryl methyl sites for hydroxylation is 2. The van der Waals surface area contributed by atoms with Gasteiger partial charge in [-0.2, -0.15) is 4.98 Å². The molecule has 0 unspecified atom stereocenters. The van der Waals surface area contributed by atoms with E-state index in [1.165, 1.54) is 17.5 Å². The second-order valence-electron chi connectivity index (χ2n) is 5.53. The minimum Gasteiger partial charge on any atom is -0.437 e. The van der Waals surface area contributed by atoms with Gasteiger partial charge < -0.3 is 15.8 Å². The fraction of sp³-hybridized carbons (Fsp3) is 0.158. The first-order valence-electron chi connectivity index (χ1n) is 7.86. The average Bonchev–Trinajstić information content (AvgIpc) is 2.61. The molecule has 0 radical (unpaired) electrons. The lowest BCUT2D eigenvalue weighted by atomic mass is 10.2. The Bertz CT molecular complexity index is 814. The summed E-state index contributed by atoms with van der Waals surface area (Å²) in [5, 5.41) is 3.19. The molecule has 3 rings (SSSR count). The van der Waals surface area contributed by atoms with Gasteiger partial charge in [0, 0.05) is 5.69 Å². The van der Waals surface area contributed by atoms with Gasteiger partial charge in [0.1, 0.15) is 17.8 Å². The second kappa shape index (κ2) is 7.00. The van der Waals surface area contributed by atoms with E-state index in [0.717, 1.165) is 12.1 Å². The number of anilines is 3. The third-order valence-corrected chi connectivity index (χ3v) is 3.71. The Balaban J connectivity index is 1.80. The van der Waals surface area contributed by atoms with Gasteiger partial charge in [-0.1, -0.05) is 36.8 Å². The maximum absolute atomic E-state index is 6.15. The average molecular weight is 320 g/mol. The number of aromatic nitrogens is 2. The highest BCUT2D eigenvalue weighted by atomic mass is 16.5. The molecule has 0 amide bonds. The maximum Gasteiger partial charge on any atom is 0.248 e. The van der Waals surface area contributed by atoms with Crippen molar-refractivity contribution in [2.24, 2.45) is 0 Å². The van der Waals surface area contributed by atoms with Crippen LogP contribution in [-0.4, -0.2) is 9.97 Å². The predicted octanol–water partition coefficient (Wildman–Crippen LogP) is 4.47. The molecule has 0 spiro atoms. The van der Waals surface area contributed by atoms with Crippen LogP contribution in [0.15, 0.2) is 54.9 Å². The van der Waals surface area contributed by atoms with Crippen molar-refractivity contribution in [3.8, 4) is 11.6 Å². The van der Waals surface area contributed by atoms with Gasteiger partial charge in [-0.25, -0.2) is 4.98 Å². The summed E-state index contributed by atoms with van der Waals surface area (Å²) in [5.41, 5.74) is 9.87. The molecule has 3 N–H and O–H groups in total. The highest BCUT2D eigenvalue weighted by molar-refractivity contribution is 5.72. The van der Waals surface area contributed by atoms with Crippen molar-refractivity contribution in [1.82, 2.24) is 9.97 Å². The lowest BCUT2D eigenvalue weighted by molar-refractivity contribution is 0.464. The molecule has 3 aromatic rings. The summed E-state index contributed by atoms with van der Waals surface area (Å²) in [6, 6.07) is 15.9. The molecule has 0 saturated carbocycles. The minimum atomic E-state index is 0.337. The normalized spacial score (nSPS) is 10.4. The van der Waals surface area contributed by atoms with Crippen molar-refractivity contribution in [2.45, 2.75) is 20.3 Å².